The number of carbonyl (C=O) groups excluding carboxylic acids is 1. The van der Waals surface area contributed by atoms with Crippen molar-refractivity contribution in [1.29, 1.82) is 0 Å². The topological polar surface area (TPSA) is 44.8 Å². The molecule has 18 heavy (non-hydrogen) atoms. The van der Waals surface area contributed by atoms with Crippen LogP contribution in [0.3, 0.4) is 0 Å². The third-order valence-corrected chi connectivity index (χ3v) is 3.03. The molecule has 0 amide bonds. The minimum atomic E-state index is -0.000266. The normalized spacial score (nSPS) is 16.3. The molecular formula is C14H18O4. The van der Waals surface area contributed by atoms with Gasteiger partial charge in [-0.2, -0.15) is 0 Å². The number of rotatable bonds is 4. The Hall–Kier alpha value is -1.55. The zero-order valence-corrected chi connectivity index (χ0v) is 10.8. The van der Waals surface area contributed by atoms with Gasteiger partial charge >= 0.3 is 0 Å². The molecule has 1 aliphatic heterocycles. The zero-order chi connectivity index (χ0) is 13.0. The Labute approximate surface area is 107 Å². The molecule has 1 saturated heterocycles. The van der Waals surface area contributed by atoms with E-state index in [0.717, 1.165) is 12.8 Å². The van der Waals surface area contributed by atoms with Gasteiger partial charge in [0.1, 0.15) is 17.6 Å². The van der Waals surface area contributed by atoms with Crippen LogP contribution < -0.4 is 9.47 Å². The minimum absolute atomic E-state index is 0.000266. The highest BCUT2D eigenvalue weighted by Gasteiger charge is 2.18. The van der Waals surface area contributed by atoms with Gasteiger partial charge < -0.3 is 14.2 Å². The lowest BCUT2D eigenvalue weighted by molar-refractivity contribution is 0.0252. The summed E-state index contributed by atoms with van der Waals surface area (Å²) in [5.41, 5.74) is 0.599. The van der Waals surface area contributed by atoms with Crippen LogP contribution in [0.2, 0.25) is 0 Å². The average Bonchev–Trinajstić information content (AvgIpc) is 2.39. The number of ketones is 1. The quantitative estimate of drug-likeness (QED) is 0.770. The van der Waals surface area contributed by atoms with Gasteiger partial charge in [-0.3, -0.25) is 4.79 Å². The Bertz CT molecular complexity index is 422. The number of ether oxygens (including phenoxy) is 3. The predicted molar refractivity (Wildman–Crippen MR) is 67.5 cm³/mol. The molecular weight excluding hydrogens is 232 g/mol. The maximum absolute atomic E-state index is 11.6. The van der Waals surface area contributed by atoms with Crippen molar-refractivity contribution in [2.24, 2.45) is 0 Å². The molecule has 0 N–H and O–H groups in total. The van der Waals surface area contributed by atoms with E-state index in [1.807, 2.05) is 0 Å². The van der Waals surface area contributed by atoms with E-state index in [2.05, 4.69) is 0 Å². The molecule has 2 rings (SSSR count). The van der Waals surface area contributed by atoms with Crippen molar-refractivity contribution in [1.82, 2.24) is 0 Å². The largest absolute Gasteiger partial charge is 0.497 e. The fourth-order valence-corrected chi connectivity index (χ4v) is 1.99. The number of Topliss-reactive ketones (excluding diaryl/α,β-unsaturated/α-hetero) is 1. The van der Waals surface area contributed by atoms with E-state index in [1.54, 1.807) is 32.2 Å². The van der Waals surface area contributed by atoms with E-state index in [0.29, 0.717) is 30.3 Å². The molecule has 0 saturated carbocycles. The van der Waals surface area contributed by atoms with Gasteiger partial charge in [0, 0.05) is 18.9 Å². The van der Waals surface area contributed by atoms with E-state index in [-0.39, 0.29) is 11.9 Å². The number of hydrogen-bond acceptors (Lipinski definition) is 4. The molecule has 4 nitrogen and oxygen atoms in total. The first-order valence-electron chi connectivity index (χ1n) is 6.14. The minimum Gasteiger partial charge on any atom is -0.497 e. The fourth-order valence-electron chi connectivity index (χ4n) is 1.99. The van der Waals surface area contributed by atoms with Crippen molar-refractivity contribution in [3.8, 4) is 11.5 Å². The summed E-state index contributed by atoms with van der Waals surface area (Å²) in [6.07, 6.45) is 1.83. The Morgan fingerprint density at radius 2 is 2.06 bits per heavy atom. The molecule has 0 unspecified atom stereocenters. The van der Waals surface area contributed by atoms with Gasteiger partial charge in [-0.15, -0.1) is 0 Å². The lowest BCUT2D eigenvalue weighted by Gasteiger charge is -2.24. The SMILES string of the molecule is COc1ccc(C(C)=O)c(OC2CCOCC2)c1. The monoisotopic (exact) mass is 250 g/mol. The Morgan fingerprint density at radius 3 is 2.67 bits per heavy atom. The molecule has 0 bridgehead atoms. The number of methoxy groups -OCH3 is 1. The summed E-state index contributed by atoms with van der Waals surface area (Å²) in [4.78, 5) is 11.6. The number of hydrogen-bond donors (Lipinski definition) is 0. The highest BCUT2D eigenvalue weighted by molar-refractivity contribution is 5.97. The van der Waals surface area contributed by atoms with Gasteiger partial charge in [0.2, 0.25) is 0 Å². The van der Waals surface area contributed by atoms with Crippen molar-refractivity contribution >= 4 is 5.78 Å². The molecule has 1 heterocycles. The second-order valence-electron chi connectivity index (χ2n) is 4.35. The van der Waals surface area contributed by atoms with Crippen molar-refractivity contribution in [2.75, 3.05) is 20.3 Å². The Balaban J connectivity index is 2.19. The number of carbonyl (C=O) groups is 1. The standard InChI is InChI=1S/C14H18O4/c1-10(15)13-4-3-12(16-2)9-14(13)18-11-5-7-17-8-6-11/h3-4,9,11H,5-8H2,1-2H3. The molecule has 0 aliphatic carbocycles. The molecule has 0 spiro atoms. The van der Waals surface area contributed by atoms with Crippen LogP contribution in [0, 0.1) is 0 Å². The third-order valence-electron chi connectivity index (χ3n) is 3.03. The van der Waals surface area contributed by atoms with Gasteiger partial charge in [-0.1, -0.05) is 0 Å². The molecule has 1 aromatic carbocycles. The Morgan fingerprint density at radius 1 is 1.33 bits per heavy atom. The van der Waals surface area contributed by atoms with Crippen LogP contribution in [-0.2, 0) is 4.74 Å². The van der Waals surface area contributed by atoms with E-state index in [4.69, 9.17) is 14.2 Å². The highest BCUT2D eigenvalue weighted by atomic mass is 16.5. The van der Waals surface area contributed by atoms with E-state index in [1.165, 1.54) is 0 Å². The summed E-state index contributed by atoms with van der Waals surface area (Å²) in [5, 5.41) is 0. The van der Waals surface area contributed by atoms with Crippen molar-refractivity contribution in [3.05, 3.63) is 23.8 Å². The average molecular weight is 250 g/mol. The number of benzene rings is 1. The van der Waals surface area contributed by atoms with Gasteiger partial charge in [-0.25, -0.2) is 0 Å². The zero-order valence-electron chi connectivity index (χ0n) is 10.8. The van der Waals surface area contributed by atoms with Gasteiger partial charge in [0.05, 0.1) is 25.9 Å². The van der Waals surface area contributed by atoms with Gasteiger partial charge in [0.15, 0.2) is 5.78 Å². The van der Waals surface area contributed by atoms with Crippen LogP contribution in [0.1, 0.15) is 30.1 Å². The first-order chi connectivity index (χ1) is 8.70. The summed E-state index contributed by atoms with van der Waals surface area (Å²) in [7, 11) is 1.60. The lowest BCUT2D eigenvalue weighted by Crippen LogP contribution is -2.26. The molecule has 1 aromatic rings. The predicted octanol–water partition coefficient (Wildman–Crippen LogP) is 2.46. The fraction of sp³-hybridized carbons (Fsp3) is 0.500. The van der Waals surface area contributed by atoms with Crippen LogP contribution in [-0.4, -0.2) is 32.2 Å². The first-order valence-corrected chi connectivity index (χ1v) is 6.14. The Kier molecular flexibility index (Phi) is 4.20. The van der Waals surface area contributed by atoms with Crippen molar-refractivity contribution < 1.29 is 19.0 Å². The second-order valence-corrected chi connectivity index (χ2v) is 4.35. The van der Waals surface area contributed by atoms with E-state index in [9.17, 15) is 4.79 Å². The van der Waals surface area contributed by atoms with Gasteiger partial charge in [-0.05, 0) is 19.1 Å². The molecule has 4 heteroatoms. The summed E-state index contributed by atoms with van der Waals surface area (Å²) in [5.74, 6) is 1.30. The van der Waals surface area contributed by atoms with Gasteiger partial charge in [0.25, 0.3) is 0 Å². The highest BCUT2D eigenvalue weighted by Crippen LogP contribution is 2.27. The maximum atomic E-state index is 11.6. The summed E-state index contributed by atoms with van der Waals surface area (Å²) < 4.78 is 16.4. The molecule has 0 aromatic heterocycles. The molecule has 1 aliphatic rings. The summed E-state index contributed by atoms with van der Waals surface area (Å²) in [6, 6.07) is 5.29. The smallest absolute Gasteiger partial charge is 0.163 e. The third kappa shape index (κ3) is 3.01. The van der Waals surface area contributed by atoms with E-state index < -0.39 is 0 Å². The van der Waals surface area contributed by atoms with Crippen LogP contribution >= 0.6 is 0 Å². The van der Waals surface area contributed by atoms with Crippen LogP contribution in [0.5, 0.6) is 11.5 Å². The maximum Gasteiger partial charge on any atom is 0.163 e. The summed E-state index contributed by atoms with van der Waals surface area (Å²) >= 11 is 0. The van der Waals surface area contributed by atoms with Crippen LogP contribution in [0.25, 0.3) is 0 Å². The first kappa shape index (κ1) is 12.9. The molecule has 0 atom stereocenters. The molecule has 0 radical (unpaired) electrons. The van der Waals surface area contributed by atoms with E-state index >= 15 is 0 Å². The van der Waals surface area contributed by atoms with Crippen LogP contribution in [0.4, 0.5) is 0 Å². The lowest BCUT2D eigenvalue weighted by atomic mass is 10.1. The van der Waals surface area contributed by atoms with Crippen molar-refractivity contribution in [2.45, 2.75) is 25.9 Å². The van der Waals surface area contributed by atoms with Crippen molar-refractivity contribution in [3.63, 3.8) is 0 Å². The molecule has 98 valence electrons. The molecule has 1 fully saturated rings. The second kappa shape index (κ2) is 5.87. The summed E-state index contributed by atoms with van der Waals surface area (Å²) in [6.45, 7) is 2.97. The van der Waals surface area contributed by atoms with Crippen LogP contribution in [0.15, 0.2) is 18.2 Å².